The Balaban J connectivity index is 3.03. The lowest BCUT2D eigenvalue weighted by Gasteiger charge is -2.17. The molecule has 2 N–H and O–H groups in total. The maximum atomic E-state index is 11.9. The molecule has 0 fully saturated rings. The summed E-state index contributed by atoms with van der Waals surface area (Å²) in [6.45, 7) is 5.66. The first kappa shape index (κ1) is 15.8. The first-order chi connectivity index (χ1) is 8.73. The Morgan fingerprint density at radius 2 is 1.63 bits per heavy atom. The normalized spacial score (nSPS) is 12.3. The van der Waals surface area contributed by atoms with Crippen LogP contribution < -0.4 is 5.32 Å². The molecule has 1 aromatic rings. The number of hydrogen-bond acceptors (Lipinski definition) is 2. The van der Waals surface area contributed by atoms with Crippen LogP contribution in [0.25, 0.3) is 0 Å². The first-order valence-corrected chi connectivity index (χ1v) is 6.52. The van der Waals surface area contributed by atoms with Crippen LogP contribution in [-0.4, -0.2) is 17.0 Å². The van der Waals surface area contributed by atoms with Crippen LogP contribution in [0.4, 0.5) is 5.69 Å². The van der Waals surface area contributed by atoms with E-state index in [9.17, 15) is 9.59 Å². The maximum Gasteiger partial charge on any atom is 0.335 e. The number of halogens is 2. The highest BCUT2D eigenvalue weighted by Gasteiger charge is 2.20. The van der Waals surface area contributed by atoms with Gasteiger partial charge < -0.3 is 10.4 Å². The molecule has 6 heteroatoms. The van der Waals surface area contributed by atoms with Crippen molar-refractivity contribution in [1.29, 1.82) is 0 Å². The fourth-order valence-electron chi connectivity index (χ4n) is 1.36. The summed E-state index contributed by atoms with van der Waals surface area (Å²) in [5, 5.41) is 11.7. The van der Waals surface area contributed by atoms with Gasteiger partial charge in [0.05, 0.1) is 21.3 Å². The fourth-order valence-corrected chi connectivity index (χ4v) is 1.94. The Bertz CT molecular complexity index is 492. The Labute approximate surface area is 121 Å². The summed E-state index contributed by atoms with van der Waals surface area (Å²) in [4.78, 5) is 22.8. The number of anilines is 1. The maximum absolute atomic E-state index is 11.9. The molecule has 0 radical (unpaired) electrons. The first-order valence-electron chi connectivity index (χ1n) is 5.77. The standard InChI is InChI=1S/C13H15Cl2NO3/c1-6(2)7(3)12(17)16-11-9(14)4-8(13(18)19)5-10(11)15/h4-7H,1-3H3,(H,16,17)(H,18,19). The van der Waals surface area contributed by atoms with Crippen molar-refractivity contribution in [3.05, 3.63) is 27.7 Å². The second kappa shape index (κ2) is 6.26. The van der Waals surface area contributed by atoms with E-state index in [1.54, 1.807) is 6.92 Å². The second-order valence-electron chi connectivity index (χ2n) is 4.64. The van der Waals surface area contributed by atoms with Crippen molar-refractivity contribution in [1.82, 2.24) is 0 Å². The molecule has 0 aliphatic carbocycles. The van der Waals surface area contributed by atoms with Gasteiger partial charge in [-0.3, -0.25) is 4.79 Å². The van der Waals surface area contributed by atoms with Gasteiger partial charge in [-0.15, -0.1) is 0 Å². The van der Waals surface area contributed by atoms with Crippen LogP contribution in [0.15, 0.2) is 12.1 Å². The quantitative estimate of drug-likeness (QED) is 0.886. The highest BCUT2D eigenvalue weighted by molar-refractivity contribution is 6.40. The largest absolute Gasteiger partial charge is 0.478 e. The summed E-state index contributed by atoms with van der Waals surface area (Å²) in [6, 6.07) is 2.51. The van der Waals surface area contributed by atoms with Crippen molar-refractivity contribution in [3.63, 3.8) is 0 Å². The van der Waals surface area contributed by atoms with Gasteiger partial charge in [0.25, 0.3) is 0 Å². The Morgan fingerprint density at radius 1 is 1.16 bits per heavy atom. The van der Waals surface area contributed by atoms with Crippen molar-refractivity contribution in [2.45, 2.75) is 20.8 Å². The smallest absolute Gasteiger partial charge is 0.335 e. The number of carboxylic acid groups (broad SMARTS) is 1. The molecular weight excluding hydrogens is 289 g/mol. The molecule has 1 amide bonds. The Hall–Kier alpha value is -1.26. The summed E-state index contributed by atoms with van der Waals surface area (Å²) in [5.74, 6) is -1.36. The van der Waals surface area contributed by atoms with Gasteiger partial charge in [-0.05, 0) is 18.1 Å². The highest BCUT2D eigenvalue weighted by Crippen LogP contribution is 2.32. The molecule has 0 aliphatic rings. The summed E-state index contributed by atoms with van der Waals surface area (Å²) in [7, 11) is 0. The van der Waals surface area contributed by atoms with E-state index in [1.165, 1.54) is 12.1 Å². The zero-order chi connectivity index (χ0) is 14.7. The third-order valence-corrected chi connectivity index (χ3v) is 3.55. The molecule has 104 valence electrons. The van der Waals surface area contributed by atoms with Crippen LogP contribution in [0.2, 0.25) is 10.0 Å². The molecule has 1 aromatic carbocycles. The molecule has 0 spiro atoms. The molecule has 0 aromatic heterocycles. The van der Waals surface area contributed by atoms with Crippen LogP contribution in [0, 0.1) is 11.8 Å². The van der Waals surface area contributed by atoms with E-state index in [0.717, 1.165) is 0 Å². The molecule has 4 nitrogen and oxygen atoms in total. The van der Waals surface area contributed by atoms with E-state index in [2.05, 4.69) is 5.32 Å². The average molecular weight is 304 g/mol. The van der Waals surface area contributed by atoms with Crippen molar-refractivity contribution in [2.24, 2.45) is 11.8 Å². The van der Waals surface area contributed by atoms with Crippen molar-refractivity contribution in [2.75, 3.05) is 5.32 Å². The lowest BCUT2D eigenvalue weighted by Crippen LogP contribution is -2.24. The molecule has 0 saturated carbocycles. The predicted molar refractivity (Wildman–Crippen MR) is 76.1 cm³/mol. The fraction of sp³-hybridized carbons (Fsp3) is 0.385. The van der Waals surface area contributed by atoms with Gasteiger partial charge in [-0.1, -0.05) is 44.0 Å². The monoisotopic (exact) mass is 303 g/mol. The Kier molecular flexibility index (Phi) is 5.20. The number of rotatable bonds is 4. The number of carbonyl (C=O) groups excluding carboxylic acids is 1. The lowest BCUT2D eigenvalue weighted by molar-refractivity contribution is -0.120. The molecule has 1 rings (SSSR count). The predicted octanol–water partition coefficient (Wildman–Crippen LogP) is 3.92. The average Bonchev–Trinajstić information content (AvgIpc) is 2.31. The van der Waals surface area contributed by atoms with E-state index in [1.807, 2.05) is 13.8 Å². The summed E-state index contributed by atoms with van der Waals surface area (Å²) in [5.41, 5.74) is 0.218. The molecule has 0 heterocycles. The summed E-state index contributed by atoms with van der Waals surface area (Å²) in [6.07, 6.45) is 0. The van der Waals surface area contributed by atoms with E-state index in [4.69, 9.17) is 28.3 Å². The minimum Gasteiger partial charge on any atom is -0.478 e. The minimum atomic E-state index is -1.13. The number of nitrogens with one attached hydrogen (secondary N) is 1. The van der Waals surface area contributed by atoms with Crippen LogP contribution in [-0.2, 0) is 4.79 Å². The van der Waals surface area contributed by atoms with E-state index in [-0.39, 0.29) is 39.0 Å². The number of carboxylic acids is 1. The van der Waals surface area contributed by atoms with Gasteiger partial charge in [0.15, 0.2) is 0 Å². The summed E-state index contributed by atoms with van der Waals surface area (Å²) < 4.78 is 0. The molecular formula is C13H15Cl2NO3. The number of aromatic carboxylic acids is 1. The third-order valence-electron chi connectivity index (χ3n) is 2.95. The van der Waals surface area contributed by atoms with Gasteiger partial charge in [0.1, 0.15) is 0 Å². The van der Waals surface area contributed by atoms with Crippen LogP contribution in [0.1, 0.15) is 31.1 Å². The van der Waals surface area contributed by atoms with E-state index >= 15 is 0 Å². The molecule has 19 heavy (non-hydrogen) atoms. The Morgan fingerprint density at radius 3 is 2.00 bits per heavy atom. The van der Waals surface area contributed by atoms with Crippen LogP contribution in [0.5, 0.6) is 0 Å². The number of benzene rings is 1. The molecule has 1 atom stereocenters. The van der Waals surface area contributed by atoms with Gasteiger partial charge in [0.2, 0.25) is 5.91 Å². The second-order valence-corrected chi connectivity index (χ2v) is 5.46. The zero-order valence-corrected chi connectivity index (χ0v) is 12.3. The SMILES string of the molecule is CC(C)C(C)C(=O)Nc1c(Cl)cc(C(=O)O)cc1Cl. The number of hydrogen-bond donors (Lipinski definition) is 2. The zero-order valence-electron chi connectivity index (χ0n) is 10.8. The highest BCUT2D eigenvalue weighted by atomic mass is 35.5. The van der Waals surface area contributed by atoms with Crippen molar-refractivity contribution in [3.8, 4) is 0 Å². The van der Waals surface area contributed by atoms with Gasteiger partial charge in [-0.2, -0.15) is 0 Å². The van der Waals surface area contributed by atoms with Crippen molar-refractivity contribution >= 4 is 40.8 Å². The lowest BCUT2D eigenvalue weighted by atomic mass is 9.97. The van der Waals surface area contributed by atoms with Crippen LogP contribution >= 0.6 is 23.2 Å². The van der Waals surface area contributed by atoms with Crippen molar-refractivity contribution < 1.29 is 14.7 Å². The number of carbonyl (C=O) groups is 2. The molecule has 0 bridgehead atoms. The third kappa shape index (κ3) is 3.85. The van der Waals surface area contributed by atoms with E-state index < -0.39 is 5.97 Å². The molecule has 0 saturated heterocycles. The molecule has 0 aliphatic heterocycles. The minimum absolute atomic E-state index is 0.0232. The number of amides is 1. The topological polar surface area (TPSA) is 66.4 Å². The van der Waals surface area contributed by atoms with Gasteiger partial charge >= 0.3 is 5.97 Å². The van der Waals surface area contributed by atoms with Crippen LogP contribution in [0.3, 0.4) is 0 Å². The van der Waals surface area contributed by atoms with Gasteiger partial charge in [-0.25, -0.2) is 4.79 Å². The van der Waals surface area contributed by atoms with Gasteiger partial charge in [0, 0.05) is 5.92 Å². The molecule has 1 unspecified atom stereocenters. The van der Waals surface area contributed by atoms with E-state index in [0.29, 0.717) is 0 Å². The summed E-state index contributed by atoms with van der Waals surface area (Å²) >= 11 is 11.9.